The van der Waals surface area contributed by atoms with Crippen molar-refractivity contribution in [2.75, 3.05) is 37.6 Å². The van der Waals surface area contributed by atoms with Crippen molar-refractivity contribution in [1.82, 2.24) is 15.2 Å². The maximum absolute atomic E-state index is 13.0. The number of benzene rings is 2. The third kappa shape index (κ3) is 3.99. The van der Waals surface area contributed by atoms with Crippen molar-refractivity contribution in [3.05, 3.63) is 42.0 Å². The Bertz CT molecular complexity index is 1070. The molecule has 1 aromatic heterocycles. The predicted octanol–water partition coefficient (Wildman–Crippen LogP) is 4.02. The molecule has 1 unspecified atom stereocenters. The van der Waals surface area contributed by atoms with E-state index in [-0.39, 0.29) is 5.56 Å². The number of aliphatic hydroxyl groups is 1. The molecule has 2 aliphatic rings. The van der Waals surface area contributed by atoms with Crippen LogP contribution in [0.1, 0.15) is 24.5 Å². The minimum absolute atomic E-state index is 0.195. The van der Waals surface area contributed by atoms with Crippen LogP contribution >= 0.6 is 0 Å². The topological polar surface area (TPSA) is 65.6 Å². The summed E-state index contributed by atoms with van der Waals surface area (Å²) < 4.78 is 43.8. The lowest BCUT2D eigenvalue weighted by Crippen LogP contribution is -2.51. The minimum atomic E-state index is -4.72. The zero-order valence-corrected chi connectivity index (χ0v) is 16.8. The van der Waals surface area contributed by atoms with E-state index >= 15 is 0 Å². The summed E-state index contributed by atoms with van der Waals surface area (Å²) in [5, 5.41) is 17.6. The average molecular weight is 432 g/mol. The zero-order valence-electron chi connectivity index (χ0n) is 16.8. The highest BCUT2D eigenvalue weighted by Gasteiger charge is 2.39. The molecule has 1 atom stereocenters. The van der Waals surface area contributed by atoms with Gasteiger partial charge in [0.05, 0.1) is 5.69 Å². The first kappa shape index (κ1) is 20.3. The van der Waals surface area contributed by atoms with E-state index in [0.29, 0.717) is 28.1 Å². The van der Waals surface area contributed by atoms with Crippen LogP contribution in [0.3, 0.4) is 0 Å². The molecule has 2 aromatic carbocycles. The van der Waals surface area contributed by atoms with Gasteiger partial charge >= 0.3 is 6.18 Å². The Morgan fingerprint density at radius 2 is 1.84 bits per heavy atom. The molecule has 31 heavy (non-hydrogen) atoms. The first-order chi connectivity index (χ1) is 14.9. The normalized spacial score (nSPS) is 19.2. The van der Waals surface area contributed by atoms with Crippen LogP contribution < -0.4 is 4.90 Å². The molecule has 0 radical (unpaired) electrons. The summed E-state index contributed by atoms with van der Waals surface area (Å²) in [5.41, 5.74) is 3.15. The van der Waals surface area contributed by atoms with Crippen LogP contribution in [-0.4, -0.2) is 59.2 Å². The Morgan fingerprint density at radius 3 is 2.58 bits per heavy atom. The molecule has 3 heterocycles. The first-order valence-electron chi connectivity index (χ1n) is 10.5. The van der Waals surface area contributed by atoms with Gasteiger partial charge < -0.3 is 14.9 Å². The van der Waals surface area contributed by atoms with Crippen molar-refractivity contribution in [2.24, 2.45) is 5.92 Å². The fourth-order valence-electron chi connectivity index (χ4n) is 4.57. The van der Waals surface area contributed by atoms with Crippen molar-refractivity contribution >= 4 is 16.7 Å². The van der Waals surface area contributed by atoms with E-state index in [1.165, 1.54) is 44.1 Å². The number of aromatic nitrogens is 2. The summed E-state index contributed by atoms with van der Waals surface area (Å²) in [5.74, 6) is 0.585. The van der Waals surface area contributed by atoms with Gasteiger partial charge in [0.15, 0.2) is 11.6 Å². The fourth-order valence-corrected chi connectivity index (χ4v) is 4.57. The second-order valence-corrected chi connectivity index (χ2v) is 8.48. The number of nitrogens with zero attached hydrogens (tertiary/aromatic N) is 4. The lowest BCUT2D eigenvalue weighted by atomic mass is 9.95. The second-order valence-electron chi connectivity index (χ2n) is 8.48. The van der Waals surface area contributed by atoms with Crippen LogP contribution in [0, 0.1) is 5.92 Å². The van der Waals surface area contributed by atoms with Crippen molar-refractivity contribution in [2.45, 2.75) is 25.1 Å². The van der Waals surface area contributed by atoms with Gasteiger partial charge in [0, 0.05) is 25.6 Å². The number of aliphatic hydroxyl groups excluding tert-OH is 1. The van der Waals surface area contributed by atoms with Gasteiger partial charge in [0.25, 0.3) is 0 Å². The quantitative estimate of drug-likeness (QED) is 0.657. The number of anilines is 1. The molecule has 0 aliphatic carbocycles. The van der Waals surface area contributed by atoms with Gasteiger partial charge in [-0.05, 0) is 71.1 Å². The van der Waals surface area contributed by atoms with Gasteiger partial charge in [0.1, 0.15) is 5.52 Å². The molecule has 3 aromatic rings. The second kappa shape index (κ2) is 7.80. The van der Waals surface area contributed by atoms with E-state index in [1.54, 1.807) is 12.1 Å². The molecular weight excluding hydrogens is 409 g/mol. The van der Waals surface area contributed by atoms with E-state index in [9.17, 15) is 18.3 Å². The Labute approximate surface area is 177 Å². The number of fused-ring (bicyclic) bond motifs is 1. The molecule has 0 spiro atoms. The molecule has 6 nitrogen and oxygen atoms in total. The van der Waals surface area contributed by atoms with Crippen LogP contribution in [0.2, 0.25) is 0 Å². The highest BCUT2D eigenvalue weighted by atomic mass is 19.4. The van der Waals surface area contributed by atoms with Gasteiger partial charge in [0.2, 0.25) is 0 Å². The van der Waals surface area contributed by atoms with E-state index in [1.807, 2.05) is 6.07 Å². The van der Waals surface area contributed by atoms with Gasteiger partial charge in [-0.3, -0.25) is 0 Å². The maximum Gasteiger partial charge on any atom is 0.418 e. The average Bonchev–Trinajstić information content (AvgIpc) is 3.40. The summed E-state index contributed by atoms with van der Waals surface area (Å²) in [6.07, 6.45) is -4.70. The molecule has 0 bridgehead atoms. The monoisotopic (exact) mass is 432 g/mol. The molecule has 5 rings (SSSR count). The molecule has 164 valence electrons. The number of hydrogen-bond acceptors (Lipinski definition) is 6. The van der Waals surface area contributed by atoms with Gasteiger partial charge in [-0.15, -0.1) is 0 Å². The van der Waals surface area contributed by atoms with Crippen LogP contribution in [0.25, 0.3) is 22.2 Å². The number of likely N-dealkylation sites (tertiary alicyclic amines) is 1. The smallest absolute Gasteiger partial charge is 0.379 e. The Balaban J connectivity index is 1.41. The predicted molar refractivity (Wildman–Crippen MR) is 110 cm³/mol. The number of rotatable bonds is 5. The summed E-state index contributed by atoms with van der Waals surface area (Å²) in [6.45, 7) is 5.23. The molecule has 2 fully saturated rings. The SMILES string of the molecule is OC(c1cccc(-c2cc(N3CC(CN4CCCC4)C3)c3nonc3c2)c1)C(F)(F)F. The molecular formula is C22H23F3N4O2. The standard InChI is InChI=1S/C22H23F3N4O2/c23-22(24,25)21(30)16-5-3-4-15(8-16)17-9-18-20(27-31-26-18)19(10-17)29-12-14(13-29)11-28-6-1-2-7-28/h3-5,8-10,14,21,30H,1-2,6-7,11-13H2. The lowest BCUT2D eigenvalue weighted by molar-refractivity contribution is -0.206. The molecule has 1 N–H and O–H groups in total. The number of hydrogen-bond donors (Lipinski definition) is 1. The molecule has 2 saturated heterocycles. The lowest BCUT2D eigenvalue weighted by Gasteiger charge is -2.42. The van der Waals surface area contributed by atoms with Crippen LogP contribution in [0.15, 0.2) is 41.0 Å². The Kier molecular flexibility index (Phi) is 5.10. The largest absolute Gasteiger partial charge is 0.418 e. The van der Waals surface area contributed by atoms with Crippen molar-refractivity contribution < 1.29 is 22.9 Å². The third-order valence-corrected chi connectivity index (χ3v) is 6.20. The number of alkyl halides is 3. The van der Waals surface area contributed by atoms with E-state index in [4.69, 9.17) is 4.63 Å². The molecule has 2 aliphatic heterocycles. The Hall–Kier alpha value is -2.65. The minimum Gasteiger partial charge on any atom is -0.379 e. The number of halogens is 3. The van der Waals surface area contributed by atoms with Gasteiger partial charge in [-0.1, -0.05) is 18.2 Å². The molecule has 0 saturated carbocycles. The van der Waals surface area contributed by atoms with Crippen LogP contribution in [0.4, 0.5) is 18.9 Å². The van der Waals surface area contributed by atoms with E-state index < -0.39 is 12.3 Å². The fraction of sp³-hybridized carbons (Fsp3) is 0.455. The van der Waals surface area contributed by atoms with Gasteiger partial charge in [-0.2, -0.15) is 13.2 Å². The highest BCUT2D eigenvalue weighted by Crippen LogP contribution is 2.38. The van der Waals surface area contributed by atoms with Crippen LogP contribution in [0.5, 0.6) is 0 Å². The zero-order chi connectivity index (χ0) is 21.6. The molecule has 9 heteroatoms. The highest BCUT2D eigenvalue weighted by molar-refractivity contribution is 5.93. The Morgan fingerprint density at radius 1 is 1.06 bits per heavy atom. The summed E-state index contributed by atoms with van der Waals surface area (Å²) in [7, 11) is 0. The summed E-state index contributed by atoms with van der Waals surface area (Å²) >= 11 is 0. The van der Waals surface area contributed by atoms with Crippen molar-refractivity contribution in [3.8, 4) is 11.1 Å². The molecule has 0 amide bonds. The van der Waals surface area contributed by atoms with Crippen molar-refractivity contribution in [3.63, 3.8) is 0 Å². The van der Waals surface area contributed by atoms with Crippen molar-refractivity contribution in [1.29, 1.82) is 0 Å². The maximum atomic E-state index is 13.0. The van der Waals surface area contributed by atoms with E-state index in [2.05, 4.69) is 20.1 Å². The third-order valence-electron chi connectivity index (χ3n) is 6.20. The van der Waals surface area contributed by atoms with Gasteiger partial charge in [-0.25, -0.2) is 4.63 Å². The van der Waals surface area contributed by atoms with E-state index in [0.717, 1.165) is 25.3 Å². The van der Waals surface area contributed by atoms with Crippen LogP contribution in [-0.2, 0) is 0 Å². The summed E-state index contributed by atoms with van der Waals surface area (Å²) in [6, 6.07) is 9.53. The summed E-state index contributed by atoms with van der Waals surface area (Å²) in [4.78, 5) is 4.72. The first-order valence-corrected chi connectivity index (χ1v) is 10.5.